The van der Waals surface area contributed by atoms with E-state index in [1.54, 1.807) is 6.92 Å². The summed E-state index contributed by atoms with van der Waals surface area (Å²) in [6.07, 6.45) is -0.540. The van der Waals surface area contributed by atoms with Crippen molar-refractivity contribution in [1.29, 1.82) is 0 Å². The Morgan fingerprint density at radius 2 is 1.84 bits per heavy atom. The molecule has 0 spiro atoms. The zero-order valence-electron chi connectivity index (χ0n) is 11.1. The second kappa shape index (κ2) is 6.05. The molecule has 0 radical (unpaired) electrons. The summed E-state index contributed by atoms with van der Waals surface area (Å²) in [5, 5.41) is 2.81. The molecule has 0 saturated carbocycles. The fourth-order valence-electron chi connectivity index (χ4n) is 1.71. The molecule has 19 heavy (non-hydrogen) atoms. The second-order valence-electron chi connectivity index (χ2n) is 4.43. The zero-order chi connectivity index (χ0) is 13.7. The summed E-state index contributed by atoms with van der Waals surface area (Å²) >= 11 is 0. The fourth-order valence-corrected chi connectivity index (χ4v) is 1.71. The number of amides is 1. The van der Waals surface area contributed by atoms with E-state index in [1.165, 1.54) is 0 Å². The third-order valence-electron chi connectivity index (χ3n) is 2.71. The predicted molar refractivity (Wildman–Crippen MR) is 76.3 cm³/mol. The zero-order valence-corrected chi connectivity index (χ0v) is 11.1. The Balaban J connectivity index is 1.96. The van der Waals surface area contributed by atoms with Crippen molar-refractivity contribution in [3.05, 3.63) is 60.2 Å². The van der Waals surface area contributed by atoms with Gasteiger partial charge in [0.25, 0.3) is 5.91 Å². The summed E-state index contributed by atoms with van der Waals surface area (Å²) in [4.78, 5) is 12.0. The number of hydrogen-bond acceptors (Lipinski definition) is 2. The Bertz CT molecular complexity index is 552. The Kier molecular flexibility index (Phi) is 4.18. The minimum atomic E-state index is -0.540. The molecule has 1 atom stereocenters. The second-order valence-corrected chi connectivity index (χ2v) is 4.43. The van der Waals surface area contributed by atoms with Crippen LogP contribution in [0.5, 0.6) is 5.75 Å². The first kappa shape index (κ1) is 13.1. The van der Waals surface area contributed by atoms with Gasteiger partial charge in [-0.3, -0.25) is 4.79 Å². The van der Waals surface area contributed by atoms with E-state index in [9.17, 15) is 4.79 Å². The van der Waals surface area contributed by atoms with Gasteiger partial charge in [-0.25, -0.2) is 0 Å². The van der Waals surface area contributed by atoms with Gasteiger partial charge in [0.1, 0.15) is 5.75 Å². The number of nitrogens with one attached hydrogen (secondary N) is 1. The molecule has 2 aromatic rings. The topological polar surface area (TPSA) is 38.3 Å². The van der Waals surface area contributed by atoms with Crippen molar-refractivity contribution >= 4 is 11.6 Å². The average Bonchev–Trinajstić information content (AvgIpc) is 2.40. The normalized spacial score (nSPS) is 11.7. The minimum Gasteiger partial charge on any atom is -0.481 e. The highest BCUT2D eigenvalue weighted by molar-refractivity contribution is 5.94. The fraction of sp³-hybridized carbons (Fsp3) is 0.188. The maximum Gasteiger partial charge on any atom is 0.265 e. The van der Waals surface area contributed by atoms with Crippen molar-refractivity contribution in [3.8, 4) is 5.75 Å². The van der Waals surface area contributed by atoms with E-state index in [1.807, 2.05) is 61.5 Å². The molecular weight excluding hydrogens is 238 g/mol. The van der Waals surface area contributed by atoms with Crippen molar-refractivity contribution in [1.82, 2.24) is 0 Å². The van der Waals surface area contributed by atoms with Crippen molar-refractivity contribution in [2.75, 3.05) is 5.32 Å². The molecule has 0 bridgehead atoms. The van der Waals surface area contributed by atoms with Crippen LogP contribution in [0.15, 0.2) is 54.6 Å². The predicted octanol–water partition coefficient (Wildman–Crippen LogP) is 3.40. The SMILES string of the molecule is Cc1cccc(OC(C)C(=O)Nc2ccccc2)c1. The van der Waals surface area contributed by atoms with Gasteiger partial charge in [-0.2, -0.15) is 0 Å². The first-order valence-corrected chi connectivity index (χ1v) is 6.24. The number of hydrogen-bond donors (Lipinski definition) is 1. The van der Waals surface area contributed by atoms with Gasteiger partial charge >= 0.3 is 0 Å². The molecule has 2 aromatic carbocycles. The molecule has 0 aromatic heterocycles. The van der Waals surface area contributed by atoms with Gasteiger partial charge in [-0.15, -0.1) is 0 Å². The van der Waals surface area contributed by atoms with Crippen molar-refractivity contribution in [2.45, 2.75) is 20.0 Å². The summed E-state index contributed by atoms with van der Waals surface area (Å²) < 4.78 is 5.62. The first-order valence-electron chi connectivity index (χ1n) is 6.24. The number of ether oxygens (including phenoxy) is 1. The standard InChI is InChI=1S/C16H17NO2/c1-12-7-6-10-15(11-12)19-13(2)16(18)17-14-8-4-3-5-9-14/h3-11,13H,1-2H3,(H,17,18). The van der Waals surface area contributed by atoms with Crippen molar-refractivity contribution < 1.29 is 9.53 Å². The van der Waals surface area contributed by atoms with Crippen LogP contribution >= 0.6 is 0 Å². The lowest BCUT2D eigenvalue weighted by atomic mass is 10.2. The van der Waals surface area contributed by atoms with Crippen molar-refractivity contribution in [2.24, 2.45) is 0 Å². The molecular formula is C16H17NO2. The molecule has 0 saturated heterocycles. The van der Waals surface area contributed by atoms with Gasteiger partial charge in [0.05, 0.1) is 0 Å². The highest BCUT2D eigenvalue weighted by atomic mass is 16.5. The van der Waals surface area contributed by atoms with E-state index < -0.39 is 6.10 Å². The Labute approximate surface area is 113 Å². The van der Waals surface area contributed by atoms with E-state index in [2.05, 4.69) is 5.32 Å². The van der Waals surface area contributed by atoms with Crippen LogP contribution in [-0.2, 0) is 4.79 Å². The summed E-state index contributed by atoms with van der Waals surface area (Å²) in [5.74, 6) is 0.545. The largest absolute Gasteiger partial charge is 0.481 e. The van der Waals surface area contributed by atoms with Crippen LogP contribution in [0, 0.1) is 6.92 Å². The highest BCUT2D eigenvalue weighted by Crippen LogP contribution is 2.15. The third-order valence-corrected chi connectivity index (χ3v) is 2.71. The first-order chi connectivity index (χ1) is 9.15. The van der Waals surface area contributed by atoms with Gasteiger partial charge in [0.2, 0.25) is 0 Å². The maximum absolute atomic E-state index is 12.0. The van der Waals surface area contributed by atoms with Crippen LogP contribution in [0.2, 0.25) is 0 Å². The van der Waals surface area contributed by atoms with E-state index >= 15 is 0 Å². The molecule has 0 aliphatic heterocycles. The lowest BCUT2D eigenvalue weighted by Gasteiger charge is -2.15. The quantitative estimate of drug-likeness (QED) is 0.909. The van der Waals surface area contributed by atoms with Gasteiger partial charge in [0.15, 0.2) is 6.10 Å². The van der Waals surface area contributed by atoms with Crippen LogP contribution in [-0.4, -0.2) is 12.0 Å². The number of carbonyl (C=O) groups excluding carboxylic acids is 1. The van der Waals surface area contributed by atoms with Crippen LogP contribution < -0.4 is 10.1 Å². The number of anilines is 1. The summed E-state index contributed by atoms with van der Waals surface area (Å²) in [6.45, 7) is 3.72. The highest BCUT2D eigenvalue weighted by Gasteiger charge is 2.14. The Morgan fingerprint density at radius 3 is 2.53 bits per heavy atom. The molecule has 0 aliphatic carbocycles. The number of rotatable bonds is 4. The minimum absolute atomic E-state index is 0.160. The lowest BCUT2D eigenvalue weighted by molar-refractivity contribution is -0.122. The molecule has 3 heteroatoms. The summed E-state index contributed by atoms with van der Waals surface area (Å²) in [7, 11) is 0. The Morgan fingerprint density at radius 1 is 1.11 bits per heavy atom. The van der Waals surface area contributed by atoms with Crippen LogP contribution in [0.4, 0.5) is 5.69 Å². The smallest absolute Gasteiger partial charge is 0.265 e. The summed E-state index contributed by atoms with van der Waals surface area (Å²) in [6, 6.07) is 17.0. The molecule has 3 nitrogen and oxygen atoms in total. The Hall–Kier alpha value is -2.29. The van der Waals surface area contributed by atoms with Gasteiger partial charge in [0, 0.05) is 5.69 Å². The van der Waals surface area contributed by atoms with Gasteiger partial charge in [-0.05, 0) is 43.7 Å². The molecule has 1 unspecified atom stereocenters. The van der Waals surface area contributed by atoms with Crippen molar-refractivity contribution in [3.63, 3.8) is 0 Å². The van der Waals surface area contributed by atoms with E-state index in [4.69, 9.17) is 4.74 Å². The van der Waals surface area contributed by atoms with E-state index in [0.717, 1.165) is 11.3 Å². The number of para-hydroxylation sites is 1. The molecule has 1 N–H and O–H groups in total. The molecule has 98 valence electrons. The molecule has 0 fully saturated rings. The maximum atomic E-state index is 12.0. The lowest BCUT2D eigenvalue weighted by Crippen LogP contribution is -2.30. The number of benzene rings is 2. The monoisotopic (exact) mass is 255 g/mol. The third kappa shape index (κ3) is 3.85. The van der Waals surface area contributed by atoms with Gasteiger partial charge < -0.3 is 10.1 Å². The summed E-state index contributed by atoms with van der Waals surface area (Å²) in [5.41, 5.74) is 1.88. The van der Waals surface area contributed by atoms with Crippen LogP contribution in [0.25, 0.3) is 0 Å². The number of carbonyl (C=O) groups is 1. The molecule has 2 rings (SSSR count). The molecule has 1 amide bonds. The van der Waals surface area contributed by atoms with Crippen LogP contribution in [0.3, 0.4) is 0 Å². The van der Waals surface area contributed by atoms with Crippen LogP contribution in [0.1, 0.15) is 12.5 Å². The number of aryl methyl sites for hydroxylation is 1. The van der Waals surface area contributed by atoms with E-state index in [-0.39, 0.29) is 5.91 Å². The average molecular weight is 255 g/mol. The molecule has 0 heterocycles. The van der Waals surface area contributed by atoms with Gasteiger partial charge in [-0.1, -0.05) is 30.3 Å². The molecule has 0 aliphatic rings. The van der Waals surface area contributed by atoms with E-state index in [0.29, 0.717) is 5.75 Å².